The summed E-state index contributed by atoms with van der Waals surface area (Å²) in [6.45, 7) is 1.75. The Labute approximate surface area is 113 Å². The van der Waals surface area contributed by atoms with Crippen LogP contribution in [-0.4, -0.2) is 15.0 Å². The van der Waals surface area contributed by atoms with Gasteiger partial charge in [0.05, 0.1) is 6.20 Å². The lowest BCUT2D eigenvalue weighted by Gasteiger charge is -2.01. The van der Waals surface area contributed by atoms with Crippen LogP contribution in [-0.2, 0) is 5.75 Å². The number of aromatic amines is 1. The number of halogens is 2. The van der Waals surface area contributed by atoms with Crippen molar-refractivity contribution in [3.63, 3.8) is 0 Å². The van der Waals surface area contributed by atoms with Crippen LogP contribution in [0.3, 0.4) is 0 Å². The predicted octanol–water partition coefficient (Wildman–Crippen LogP) is 2.33. The Bertz CT molecular complexity index is 590. The zero-order valence-corrected chi connectivity index (χ0v) is 11.1. The van der Waals surface area contributed by atoms with Gasteiger partial charge in [0, 0.05) is 23.7 Å². The van der Waals surface area contributed by atoms with Crippen LogP contribution in [0.4, 0.5) is 4.39 Å². The van der Waals surface area contributed by atoms with Gasteiger partial charge in [-0.15, -0.1) is 12.4 Å². The smallest absolute Gasteiger partial charge is 0.251 e. The van der Waals surface area contributed by atoms with Gasteiger partial charge in [-0.25, -0.2) is 9.37 Å². The number of rotatable bonds is 3. The Morgan fingerprint density at radius 3 is 2.83 bits per heavy atom. The van der Waals surface area contributed by atoms with Crippen LogP contribution in [0.15, 0.2) is 34.5 Å². The van der Waals surface area contributed by atoms with Crippen molar-refractivity contribution in [1.29, 1.82) is 0 Å². The molecule has 4 nitrogen and oxygen atoms in total. The molecule has 0 fully saturated rings. The van der Waals surface area contributed by atoms with Crippen LogP contribution in [0.5, 0.6) is 0 Å². The molecule has 7 heteroatoms. The van der Waals surface area contributed by atoms with Gasteiger partial charge in [0.2, 0.25) is 0 Å². The third kappa shape index (κ3) is 4.12. The van der Waals surface area contributed by atoms with Gasteiger partial charge in [0.15, 0.2) is 5.16 Å². The maximum absolute atomic E-state index is 12.9. The lowest BCUT2D eigenvalue weighted by molar-refractivity contribution is 0.619. The Morgan fingerprint density at radius 1 is 1.39 bits per heavy atom. The number of H-pyrrole nitrogens is 1. The van der Waals surface area contributed by atoms with Gasteiger partial charge in [0.25, 0.3) is 5.56 Å². The lowest BCUT2D eigenvalue weighted by atomic mass is 10.3. The van der Waals surface area contributed by atoms with E-state index in [2.05, 4.69) is 15.0 Å². The van der Waals surface area contributed by atoms with Crippen molar-refractivity contribution in [3.05, 3.63) is 52.0 Å². The maximum Gasteiger partial charge on any atom is 0.251 e. The van der Waals surface area contributed by atoms with Gasteiger partial charge in [-0.3, -0.25) is 9.78 Å². The number of pyridine rings is 1. The van der Waals surface area contributed by atoms with Crippen molar-refractivity contribution in [3.8, 4) is 0 Å². The lowest BCUT2D eigenvalue weighted by Crippen LogP contribution is -2.08. The van der Waals surface area contributed by atoms with Crippen molar-refractivity contribution < 1.29 is 4.39 Å². The van der Waals surface area contributed by atoms with Crippen LogP contribution >= 0.6 is 24.2 Å². The molecular formula is C11H11ClFN3OS. The standard InChI is InChI=1S/C11H10FN3OS.ClH/c1-7-2-10(16)15-11(14-7)17-6-8-3-9(12)5-13-4-8;/h2-5H,6H2,1H3,(H,14,15,16);1H. The number of nitrogens with one attached hydrogen (secondary N) is 1. The van der Waals surface area contributed by atoms with Crippen LogP contribution in [0, 0.1) is 12.7 Å². The van der Waals surface area contributed by atoms with Gasteiger partial charge in [-0.1, -0.05) is 11.8 Å². The van der Waals surface area contributed by atoms with Crippen molar-refractivity contribution in [2.45, 2.75) is 17.8 Å². The number of aromatic nitrogens is 3. The van der Waals surface area contributed by atoms with Crippen molar-refractivity contribution >= 4 is 24.2 Å². The summed E-state index contributed by atoms with van der Waals surface area (Å²) in [7, 11) is 0. The van der Waals surface area contributed by atoms with Crippen molar-refractivity contribution in [2.24, 2.45) is 0 Å². The fraction of sp³-hybridized carbons (Fsp3) is 0.182. The van der Waals surface area contributed by atoms with Crippen LogP contribution < -0.4 is 5.56 Å². The first-order valence-electron chi connectivity index (χ1n) is 4.94. The number of hydrogen-bond acceptors (Lipinski definition) is 4. The molecular weight excluding hydrogens is 277 g/mol. The second-order valence-corrected chi connectivity index (χ2v) is 4.46. The minimum atomic E-state index is -0.367. The molecule has 18 heavy (non-hydrogen) atoms. The topological polar surface area (TPSA) is 58.6 Å². The van der Waals surface area contributed by atoms with E-state index >= 15 is 0 Å². The number of hydrogen-bond donors (Lipinski definition) is 1. The molecule has 0 aromatic carbocycles. The molecule has 0 saturated heterocycles. The molecule has 2 rings (SSSR count). The average Bonchev–Trinajstić information content (AvgIpc) is 2.25. The van der Waals surface area contributed by atoms with Gasteiger partial charge in [-0.05, 0) is 18.6 Å². The molecule has 0 amide bonds. The summed E-state index contributed by atoms with van der Waals surface area (Å²) < 4.78 is 12.9. The highest BCUT2D eigenvalue weighted by atomic mass is 35.5. The summed E-state index contributed by atoms with van der Waals surface area (Å²) in [5.74, 6) is 0.144. The Kier molecular flexibility index (Phi) is 5.30. The molecule has 0 aliphatic heterocycles. The van der Waals surface area contributed by atoms with Crippen LogP contribution in [0.1, 0.15) is 11.3 Å². The summed E-state index contributed by atoms with van der Waals surface area (Å²) in [4.78, 5) is 21.7. The van der Waals surface area contributed by atoms with Crippen molar-refractivity contribution in [2.75, 3.05) is 0 Å². The fourth-order valence-electron chi connectivity index (χ4n) is 1.31. The largest absolute Gasteiger partial charge is 0.301 e. The van der Waals surface area contributed by atoms with Crippen LogP contribution in [0.2, 0.25) is 0 Å². The number of aryl methyl sites for hydroxylation is 1. The van der Waals surface area contributed by atoms with E-state index in [1.165, 1.54) is 23.9 Å². The summed E-state index contributed by atoms with van der Waals surface area (Å²) in [6.07, 6.45) is 2.74. The Morgan fingerprint density at radius 2 is 2.17 bits per heavy atom. The first kappa shape index (κ1) is 14.7. The molecule has 2 aromatic rings. The highest BCUT2D eigenvalue weighted by Gasteiger charge is 2.01. The normalized spacial score (nSPS) is 9.89. The van der Waals surface area contributed by atoms with Gasteiger partial charge >= 0.3 is 0 Å². The fourth-order valence-corrected chi connectivity index (χ4v) is 2.15. The quantitative estimate of drug-likeness (QED) is 0.695. The first-order chi connectivity index (χ1) is 8.13. The molecule has 0 aliphatic rings. The average molecular weight is 288 g/mol. The third-order valence-electron chi connectivity index (χ3n) is 1.99. The first-order valence-corrected chi connectivity index (χ1v) is 5.92. The van der Waals surface area contributed by atoms with Crippen LogP contribution in [0.25, 0.3) is 0 Å². The van der Waals surface area contributed by atoms with Crippen molar-refractivity contribution in [1.82, 2.24) is 15.0 Å². The second-order valence-electron chi connectivity index (χ2n) is 3.49. The van der Waals surface area contributed by atoms with E-state index in [-0.39, 0.29) is 23.8 Å². The predicted molar refractivity (Wildman–Crippen MR) is 70.6 cm³/mol. The Hall–Kier alpha value is -1.40. The van der Waals surface area contributed by atoms with E-state index in [9.17, 15) is 9.18 Å². The van der Waals surface area contributed by atoms with E-state index in [1.807, 2.05) is 0 Å². The zero-order chi connectivity index (χ0) is 12.3. The third-order valence-corrected chi connectivity index (χ3v) is 2.93. The highest BCUT2D eigenvalue weighted by molar-refractivity contribution is 7.98. The highest BCUT2D eigenvalue weighted by Crippen LogP contribution is 2.17. The molecule has 0 unspecified atom stereocenters. The van der Waals surface area contributed by atoms with E-state index < -0.39 is 0 Å². The number of nitrogens with zero attached hydrogens (tertiary/aromatic N) is 2. The molecule has 0 bridgehead atoms. The van der Waals surface area contributed by atoms with Gasteiger partial charge < -0.3 is 4.98 Å². The monoisotopic (exact) mass is 287 g/mol. The molecule has 2 heterocycles. The molecule has 96 valence electrons. The summed E-state index contributed by atoms with van der Waals surface area (Å²) in [6, 6.07) is 2.84. The SMILES string of the molecule is Cc1cc(=O)[nH]c(SCc2cncc(F)c2)n1.Cl. The Balaban J connectivity index is 0.00000162. The van der Waals surface area contributed by atoms with Gasteiger partial charge in [-0.2, -0.15) is 0 Å². The van der Waals surface area contributed by atoms with E-state index in [0.29, 0.717) is 16.6 Å². The van der Waals surface area contributed by atoms with E-state index in [4.69, 9.17) is 0 Å². The summed E-state index contributed by atoms with van der Waals surface area (Å²) in [5, 5.41) is 0.527. The van der Waals surface area contributed by atoms with Gasteiger partial charge in [0.1, 0.15) is 5.82 Å². The minimum absolute atomic E-state index is 0. The maximum atomic E-state index is 12.9. The molecule has 0 saturated carbocycles. The molecule has 0 atom stereocenters. The number of thioether (sulfide) groups is 1. The summed E-state index contributed by atoms with van der Waals surface area (Å²) in [5.41, 5.74) is 1.23. The minimum Gasteiger partial charge on any atom is -0.301 e. The molecule has 0 aliphatic carbocycles. The van der Waals surface area contributed by atoms with E-state index in [0.717, 1.165) is 11.8 Å². The zero-order valence-electron chi connectivity index (χ0n) is 9.51. The molecule has 1 N–H and O–H groups in total. The molecule has 0 radical (unpaired) electrons. The summed E-state index contributed by atoms with van der Waals surface area (Å²) >= 11 is 1.34. The second kappa shape index (κ2) is 6.51. The molecule has 2 aromatic heterocycles. The molecule has 0 spiro atoms. The van der Waals surface area contributed by atoms with E-state index in [1.54, 1.807) is 13.1 Å².